The van der Waals surface area contributed by atoms with Gasteiger partial charge in [-0.05, 0) is 61.5 Å². The normalized spacial score (nSPS) is 14.6. The second kappa shape index (κ2) is 14.7. The molecule has 0 heterocycles. The maximum atomic E-state index is 10.1. The van der Waals surface area contributed by atoms with E-state index in [1.54, 1.807) is 0 Å². The minimum atomic E-state index is -0.608. The summed E-state index contributed by atoms with van der Waals surface area (Å²) in [6.45, 7) is 3.13. The first-order valence-electron chi connectivity index (χ1n) is 11.6. The van der Waals surface area contributed by atoms with Gasteiger partial charge in [0.2, 0.25) is 0 Å². The SMILES string of the molecule is OC(CNCCNC(=S)Nc1ccccc1)COc1ccc(OCCOC2CCCC2)cc1. The van der Waals surface area contributed by atoms with Crippen LogP contribution in [0, 0.1) is 0 Å². The van der Waals surface area contributed by atoms with Gasteiger partial charge in [0.05, 0.1) is 12.7 Å². The Bertz CT molecular complexity index is 801. The van der Waals surface area contributed by atoms with E-state index in [1.165, 1.54) is 25.7 Å². The summed E-state index contributed by atoms with van der Waals surface area (Å²) < 4.78 is 17.2. The second-order valence-corrected chi connectivity index (χ2v) is 8.42. The smallest absolute Gasteiger partial charge is 0.170 e. The molecule has 7 nitrogen and oxygen atoms in total. The Kier molecular flexibility index (Phi) is 11.2. The molecular weight excluding hydrogens is 438 g/mol. The van der Waals surface area contributed by atoms with Crippen LogP contribution in [0.15, 0.2) is 54.6 Å². The van der Waals surface area contributed by atoms with Crippen molar-refractivity contribution in [3.8, 4) is 11.5 Å². The summed E-state index contributed by atoms with van der Waals surface area (Å²) in [4.78, 5) is 0. The molecule has 2 aromatic carbocycles. The van der Waals surface area contributed by atoms with Crippen molar-refractivity contribution < 1.29 is 19.3 Å². The Morgan fingerprint density at radius 3 is 2.36 bits per heavy atom. The van der Waals surface area contributed by atoms with Gasteiger partial charge in [0.15, 0.2) is 5.11 Å². The fourth-order valence-corrected chi connectivity index (χ4v) is 3.76. The molecule has 0 spiro atoms. The number of benzene rings is 2. The predicted octanol–water partition coefficient (Wildman–Crippen LogP) is 3.34. The molecule has 0 amide bonds. The molecule has 1 aliphatic rings. The highest BCUT2D eigenvalue weighted by Gasteiger charge is 2.14. The number of nitrogens with one attached hydrogen (secondary N) is 3. The number of hydrogen-bond donors (Lipinski definition) is 4. The van der Waals surface area contributed by atoms with Crippen LogP contribution in [0.3, 0.4) is 0 Å². The van der Waals surface area contributed by atoms with Crippen LogP contribution in [0.2, 0.25) is 0 Å². The summed E-state index contributed by atoms with van der Waals surface area (Å²) >= 11 is 5.26. The minimum Gasteiger partial charge on any atom is -0.491 e. The lowest BCUT2D eigenvalue weighted by molar-refractivity contribution is 0.0382. The van der Waals surface area contributed by atoms with E-state index in [0.717, 1.165) is 11.4 Å². The van der Waals surface area contributed by atoms with Crippen LogP contribution in [-0.2, 0) is 4.74 Å². The highest BCUT2D eigenvalue weighted by Crippen LogP contribution is 2.21. The fourth-order valence-electron chi connectivity index (χ4n) is 3.54. The molecule has 1 aliphatic carbocycles. The van der Waals surface area contributed by atoms with Gasteiger partial charge >= 0.3 is 0 Å². The number of anilines is 1. The first-order chi connectivity index (χ1) is 16.2. The van der Waals surface area contributed by atoms with Crippen molar-refractivity contribution in [2.75, 3.05) is 44.8 Å². The lowest BCUT2D eigenvalue weighted by Gasteiger charge is -2.15. The molecule has 0 aromatic heterocycles. The first-order valence-corrected chi connectivity index (χ1v) is 12.1. The molecule has 2 aromatic rings. The first kappa shape index (κ1) is 25.2. The number of ether oxygens (including phenoxy) is 3. The third kappa shape index (κ3) is 10.4. The molecule has 33 heavy (non-hydrogen) atoms. The molecule has 0 aliphatic heterocycles. The molecule has 1 atom stereocenters. The van der Waals surface area contributed by atoms with Crippen LogP contribution in [0.25, 0.3) is 0 Å². The third-order valence-corrected chi connectivity index (χ3v) is 5.52. The molecule has 0 radical (unpaired) electrons. The molecule has 1 unspecified atom stereocenters. The van der Waals surface area contributed by atoms with Crippen molar-refractivity contribution >= 4 is 23.0 Å². The van der Waals surface area contributed by atoms with E-state index in [2.05, 4.69) is 16.0 Å². The van der Waals surface area contributed by atoms with Crippen LogP contribution in [0.1, 0.15) is 25.7 Å². The quantitative estimate of drug-likeness (QED) is 0.246. The second-order valence-electron chi connectivity index (χ2n) is 8.01. The molecular formula is C25H35N3O4S. The van der Waals surface area contributed by atoms with Gasteiger partial charge < -0.3 is 35.3 Å². The van der Waals surface area contributed by atoms with Gasteiger partial charge in [-0.3, -0.25) is 0 Å². The Morgan fingerprint density at radius 2 is 1.64 bits per heavy atom. The minimum absolute atomic E-state index is 0.212. The lowest BCUT2D eigenvalue weighted by atomic mass is 10.3. The zero-order valence-electron chi connectivity index (χ0n) is 19.0. The van der Waals surface area contributed by atoms with Gasteiger partial charge in [-0.2, -0.15) is 0 Å². The van der Waals surface area contributed by atoms with E-state index in [4.69, 9.17) is 26.4 Å². The predicted molar refractivity (Wildman–Crippen MR) is 135 cm³/mol. The summed E-state index contributed by atoms with van der Waals surface area (Å²) in [6.07, 6.45) is 4.70. The van der Waals surface area contributed by atoms with Gasteiger partial charge in [0.25, 0.3) is 0 Å². The monoisotopic (exact) mass is 473 g/mol. The largest absolute Gasteiger partial charge is 0.491 e. The Morgan fingerprint density at radius 1 is 0.939 bits per heavy atom. The van der Waals surface area contributed by atoms with Crippen LogP contribution >= 0.6 is 12.2 Å². The Labute approximate surface area is 201 Å². The fraction of sp³-hybridized carbons (Fsp3) is 0.480. The molecule has 3 rings (SSSR count). The van der Waals surface area contributed by atoms with Crippen molar-refractivity contribution in [1.82, 2.24) is 10.6 Å². The standard InChI is InChI=1S/C25H35N3O4S/c29-21(18-26-14-15-27-25(33)28-20-6-2-1-3-7-20)19-32-24-12-10-23(11-13-24)31-17-16-30-22-8-4-5-9-22/h1-3,6-7,10-13,21-22,26,29H,4-5,8-9,14-19H2,(H2,27,28,33). The molecule has 1 fully saturated rings. The Hall–Kier alpha value is -2.39. The molecule has 0 bridgehead atoms. The van der Waals surface area contributed by atoms with Gasteiger partial charge in [0.1, 0.15) is 30.8 Å². The Balaban J connectivity index is 1.19. The lowest BCUT2D eigenvalue weighted by Crippen LogP contribution is -2.38. The summed E-state index contributed by atoms with van der Waals surface area (Å²) in [6, 6.07) is 17.2. The van der Waals surface area contributed by atoms with Crippen LogP contribution < -0.4 is 25.4 Å². The van der Waals surface area contributed by atoms with Crippen LogP contribution in [0.5, 0.6) is 11.5 Å². The van der Waals surface area contributed by atoms with Crippen molar-refractivity contribution in [2.24, 2.45) is 0 Å². The number of rotatable bonds is 14. The zero-order valence-corrected chi connectivity index (χ0v) is 19.8. The molecule has 180 valence electrons. The third-order valence-electron chi connectivity index (χ3n) is 5.27. The van der Waals surface area contributed by atoms with Crippen molar-refractivity contribution in [2.45, 2.75) is 37.9 Å². The number of aliphatic hydroxyl groups excluding tert-OH is 1. The zero-order chi connectivity index (χ0) is 23.1. The topological polar surface area (TPSA) is 84.0 Å². The van der Waals surface area contributed by atoms with Gasteiger partial charge in [-0.1, -0.05) is 31.0 Å². The number of para-hydroxylation sites is 1. The van der Waals surface area contributed by atoms with Crippen molar-refractivity contribution in [3.63, 3.8) is 0 Å². The number of hydrogen-bond acceptors (Lipinski definition) is 6. The van der Waals surface area contributed by atoms with E-state index in [1.807, 2.05) is 54.6 Å². The average molecular weight is 474 g/mol. The van der Waals surface area contributed by atoms with Crippen molar-refractivity contribution in [3.05, 3.63) is 54.6 Å². The van der Waals surface area contributed by atoms with Crippen LogP contribution in [-0.4, -0.2) is 61.9 Å². The summed E-state index contributed by atoms with van der Waals surface area (Å²) in [7, 11) is 0. The number of thiocarbonyl (C=S) groups is 1. The summed E-state index contributed by atoms with van der Waals surface area (Å²) in [5.74, 6) is 1.48. The number of aliphatic hydroxyl groups is 1. The van der Waals surface area contributed by atoms with E-state index < -0.39 is 6.10 Å². The molecule has 4 N–H and O–H groups in total. The summed E-state index contributed by atoms with van der Waals surface area (Å²) in [5.41, 5.74) is 0.948. The van der Waals surface area contributed by atoms with E-state index in [0.29, 0.717) is 49.8 Å². The molecule has 0 saturated heterocycles. The summed E-state index contributed by atoms with van der Waals surface area (Å²) in [5, 5.41) is 20.1. The molecule has 8 heteroatoms. The highest BCUT2D eigenvalue weighted by molar-refractivity contribution is 7.80. The van der Waals surface area contributed by atoms with Crippen molar-refractivity contribution in [1.29, 1.82) is 0 Å². The maximum Gasteiger partial charge on any atom is 0.170 e. The van der Waals surface area contributed by atoms with Gasteiger partial charge in [0, 0.05) is 25.3 Å². The van der Waals surface area contributed by atoms with Gasteiger partial charge in [-0.25, -0.2) is 0 Å². The van der Waals surface area contributed by atoms with Crippen LogP contribution in [0.4, 0.5) is 5.69 Å². The highest BCUT2D eigenvalue weighted by atomic mass is 32.1. The maximum absolute atomic E-state index is 10.1. The van der Waals surface area contributed by atoms with E-state index >= 15 is 0 Å². The van der Waals surface area contributed by atoms with E-state index in [9.17, 15) is 5.11 Å². The van der Waals surface area contributed by atoms with E-state index in [-0.39, 0.29) is 6.61 Å². The molecule has 1 saturated carbocycles. The average Bonchev–Trinajstić information content (AvgIpc) is 3.35. The van der Waals surface area contributed by atoms with Gasteiger partial charge in [-0.15, -0.1) is 0 Å².